The van der Waals surface area contributed by atoms with Gasteiger partial charge in [0.05, 0.1) is 24.6 Å². The van der Waals surface area contributed by atoms with Crippen LogP contribution in [0.4, 0.5) is 0 Å². The molecule has 1 fully saturated rings. The van der Waals surface area contributed by atoms with E-state index in [9.17, 15) is 14.7 Å². The normalized spacial score (nSPS) is 25.2. The minimum atomic E-state index is -0.773. The summed E-state index contributed by atoms with van der Waals surface area (Å²) in [5.74, 6) is -0.378. The van der Waals surface area contributed by atoms with Crippen LogP contribution in [0.3, 0.4) is 0 Å². The Balaban J connectivity index is 1.64. The first-order valence-corrected chi connectivity index (χ1v) is 8.55. The lowest BCUT2D eigenvalue weighted by molar-refractivity contribution is -0.145. The smallest absolute Gasteiger partial charge is 0.307 e. The fraction of sp³-hybridized carbons (Fsp3) is 0.556. The standard InChI is InChI=1S/C18H24N2O4/c1-12(20-9-4-5-13(11-20)18(22)23)17(21)19-15-8-10-24-16-7-3-2-6-14(15)16/h2-3,6-7,12-13,15H,4-5,8-11H2,1H3,(H,19,21)(H,22,23). The monoisotopic (exact) mass is 332 g/mol. The number of piperidine rings is 1. The number of nitrogens with one attached hydrogen (secondary N) is 1. The fourth-order valence-electron chi connectivity index (χ4n) is 3.51. The average molecular weight is 332 g/mol. The molecule has 0 saturated carbocycles. The highest BCUT2D eigenvalue weighted by Crippen LogP contribution is 2.31. The third kappa shape index (κ3) is 3.53. The highest BCUT2D eigenvalue weighted by molar-refractivity contribution is 5.82. The van der Waals surface area contributed by atoms with Crippen LogP contribution in [0.1, 0.15) is 37.8 Å². The molecule has 2 aliphatic rings. The predicted molar refractivity (Wildman–Crippen MR) is 88.8 cm³/mol. The molecule has 3 rings (SSSR count). The Bertz CT molecular complexity index is 619. The Morgan fingerprint density at radius 1 is 1.33 bits per heavy atom. The van der Waals surface area contributed by atoms with Gasteiger partial charge in [-0.3, -0.25) is 14.5 Å². The molecule has 2 heterocycles. The lowest BCUT2D eigenvalue weighted by Gasteiger charge is -2.35. The second-order valence-electron chi connectivity index (χ2n) is 6.58. The number of para-hydroxylation sites is 1. The fourth-order valence-corrected chi connectivity index (χ4v) is 3.51. The van der Waals surface area contributed by atoms with Crippen LogP contribution >= 0.6 is 0 Å². The first-order chi connectivity index (χ1) is 11.6. The molecule has 6 heteroatoms. The number of benzene rings is 1. The van der Waals surface area contributed by atoms with Gasteiger partial charge in [0.2, 0.25) is 5.91 Å². The van der Waals surface area contributed by atoms with Crippen molar-refractivity contribution >= 4 is 11.9 Å². The van der Waals surface area contributed by atoms with Crippen LogP contribution in [0.2, 0.25) is 0 Å². The van der Waals surface area contributed by atoms with Crippen molar-refractivity contribution in [1.29, 1.82) is 0 Å². The molecule has 2 aliphatic heterocycles. The van der Waals surface area contributed by atoms with Crippen LogP contribution in [0.15, 0.2) is 24.3 Å². The van der Waals surface area contributed by atoms with E-state index in [1.165, 1.54) is 0 Å². The molecule has 6 nitrogen and oxygen atoms in total. The minimum Gasteiger partial charge on any atom is -0.493 e. The maximum absolute atomic E-state index is 12.7. The van der Waals surface area contributed by atoms with Crippen LogP contribution in [-0.4, -0.2) is 47.6 Å². The van der Waals surface area contributed by atoms with Gasteiger partial charge in [-0.1, -0.05) is 18.2 Å². The Kier molecular flexibility index (Phi) is 5.04. The maximum atomic E-state index is 12.7. The lowest BCUT2D eigenvalue weighted by Crippen LogP contribution is -2.51. The third-order valence-corrected chi connectivity index (χ3v) is 5.00. The molecule has 1 saturated heterocycles. The number of likely N-dealkylation sites (tertiary alicyclic amines) is 1. The molecule has 1 amide bonds. The molecule has 24 heavy (non-hydrogen) atoms. The number of amides is 1. The Morgan fingerprint density at radius 3 is 2.92 bits per heavy atom. The first kappa shape index (κ1) is 16.8. The topological polar surface area (TPSA) is 78.9 Å². The van der Waals surface area contributed by atoms with E-state index >= 15 is 0 Å². The zero-order valence-corrected chi connectivity index (χ0v) is 13.9. The number of carbonyl (C=O) groups excluding carboxylic acids is 1. The summed E-state index contributed by atoms with van der Waals surface area (Å²) < 4.78 is 5.63. The Labute approximate surface area is 141 Å². The van der Waals surface area contributed by atoms with E-state index in [2.05, 4.69) is 5.32 Å². The summed E-state index contributed by atoms with van der Waals surface area (Å²) in [6.07, 6.45) is 2.25. The number of hydrogen-bond acceptors (Lipinski definition) is 4. The van der Waals surface area contributed by atoms with Crippen molar-refractivity contribution in [2.45, 2.75) is 38.3 Å². The van der Waals surface area contributed by atoms with E-state index < -0.39 is 5.97 Å². The number of nitrogens with zero attached hydrogens (tertiary/aromatic N) is 1. The van der Waals surface area contributed by atoms with E-state index in [4.69, 9.17) is 4.74 Å². The summed E-state index contributed by atoms with van der Waals surface area (Å²) in [6, 6.07) is 7.38. The minimum absolute atomic E-state index is 0.0510. The summed E-state index contributed by atoms with van der Waals surface area (Å²) in [5.41, 5.74) is 1.01. The summed E-state index contributed by atoms with van der Waals surface area (Å²) in [6.45, 7) is 3.64. The molecule has 130 valence electrons. The third-order valence-electron chi connectivity index (χ3n) is 5.00. The predicted octanol–water partition coefficient (Wildman–Crippen LogP) is 1.81. The van der Waals surface area contributed by atoms with Crippen LogP contribution in [0.5, 0.6) is 5.75 Å². The molecule has 2 N–H and O–H groups in total. The summed E-state index contributed by atoms with van der Waals surface area (Å²) in [4.78, 5) is 25.8. The SMILES string of the molecule is CC(C(=O)NC1CCOc2ccccc21)N1CCCC(C(=O)O)C1. The molecule has 3 atom stereocenters. The van der Waals surface area contributed by atoms with Crippen molar-refractivity contribution in [1.82, 2.24) is 10.2 Å². The van der Waals surface area contributed by atoms with Crippen molar-refractivity contribution < 1.29 is 19.4 Å². The van der Waals surface area contributed by atoms with Gasteiger partial charge in [0.25, 0.3) is 0 Å². The number of carboxylic acids is 1. The number of carbonyl (C=O) groups is 2. The summed E-state index contributed by atoms with van der Waals surface area (Å²) in [5, 5.41) is 12.3. The molecular formula is C18H24N2O4. The van der Waals surface area contributed by atoms with Crippen molar-refractivity contribution in [2.75, 3.05) is 19.7 Å². The van der Waals surface area contributed by atoms with Gasteiger partial charge in [-0.25, -0.2) is 0 Å². The van der Waals surface area contributed by atoms with E-state index in [0.29, 0.717) is 19.6 Å². The number of rotatable bonds is 4. The van der Waals surface area contributed by atoms with Gasteiger partial charge in [-0.2, -0.15) is 0 Å². The molecule has 1 aromatic rings. The van der Waals surface area contributed by atoms with Crippen molar-refractivity contribution in [2.24, 2.45) is 5.92 Å². The molecule has 1 aromatic carbocycles. The Hall–Kier alpha value is -2.08. The van der Waals surface area contributed by atoms with Gasteiger partial charge < -0.3 is 15.2 Å². The van der Waals surface area contributed by atoms with E-state index in [0.717, 1.165) is 30.7 Å². The molecule has 0 aromatic heterocycles. The molecule has 3 unspecified atom stereocenters. The van der Waals surface area contributed by atoms with Gasteiger partial charge >= 0.3 is 5.97 Å². The second-order valence-corrected chi connectivity index (χ2v) is 6.58. The van der Waals surface area contributed by atoms with Gasteiger partial charge in [0, 0.05) is 18.5 Å². The summed E-state index contributed by atoms with van der Waals surface area (Å²) in [7, 11) is 0. The van der Waals surface area contributed by atoms with Crippen LogP contribution in [0, 0.1) is 5.92 Å². The van der Waals surface area contributed by atoms with E-state index in [1.54, 1.807) is 0 Å². The number of fused-ring (bicyclic) bond motifs is 1. The molecular weight excluding hydrogens is 308 g/mol. The largest absolute Gasteiger partial charge is 0.493 e. The second kappa shape index (κ2) is 7.21. The van der Waals surface area contributed by atoms with Crippen LogP contribution in [-0.2, 0) is 9.59 Å². The first-order valence-electron chi connectivity index (χ1n) is 8.55. The molecule has 0 spiro atoms. The maximum Gasteiger partial charge on any atom is 0.307 e. The van der Waals surface area contributed by atoms with Crippen LogP contribution in [0.25, 0.3) is 0 Å². The van der Waals surface area contributed by atoms with Crippen molar-refractivity contribution in [3.8, 4) is 5.75 Å². The molecule has 0 bridgehead atoms. The van der Waals surface area contributed by atoms with E-state index in [1.807, 2.05) is 36.1 Å². The Morgan fingerprint density at radius 2 is 2.12 bits per heavy atom. The quantitative estimate of drug-likeness (QED) is 0.879. The van der Waals surface area contributed by atoms with Crippen molar-refractivity contribution in [3.63, 3.8) is 0 Å². The van der Waals surface area contributed by atoms with Crippen molar-refractivity contribution in [3.05, 3.63) is 29.8 Å². The zero-order chi connectivity index (χ0) is 17.1. The van der Waals surface area contributed by atoms with Crippen LogP contribution < -0.4 is 10.1 Å². The van der Waals surface area contributed by atoms with E-state index in [-0.39, 0.29) is 23.9 Å². The van der Waals surface area contributed by atoms with Gasteiger partial charge in [-0.05, 0) is 32.4 Å². The number of ether oxygens (including phenoxy) is 1. The lowest BCUT2D eigenvalue weighted by atomic mass is 9.96. The number of carboxylic acid groups (broad SMARTS) is 1. The van der Waals surface area contributed by atoms with Gasteiger partial charge in [0.15, 0.2) is 0 Å². The highest BCUT2D eigenvalue weighted by atomic mass is 16.5. The number of hydrogen-bond donors (Lipinski definition) is 2. The van der Waals surface area contributed by atoms with Gasteiger partial charge in [-0.15, -0.1) is 0 Å². The van der Waals surface area contributed by atoms with Gasteiger partial charge in [0.1, 0.15) is 5.75 Å². The molecule has 0 radical (unpaired) electrons. The number of aliphatic carboxylic acids is 1. The average Bonchev–Trinajstić information content (AvgIpc) is 2.61. The molecule has 0 aliphatic carbocycles. The summed E-state index contributed by atoms with van der Waals surface area (Å²) >= 11 is 0. The zero-order valence-electron chi connectivity index (χ0n) is 13.9. The highest BCUT2D eigenvalue weighted by Gasteiger charge is 2.32.